The molecule has 202 valence electrons. The number of hydrogen-bond acceptors (Lipinski definition) is 5. The number of nitrogens with one attached hydrogen (secondary N) is 1. The van der Waals surface area contributed by atoms with Gasteiger partial charge in [-0.15, -0.1) is 0 Å². The van der Waals surface area contributed by atoms with E-state index in [0.717, 1.165) is 48.2 Å². The lowest BCUT2D eigenvalue weighted by atomic mass is 9.93. The number of aliphatic hydroxyl groups excluding tert-OH is 1. The molecule has 0 unspecified atom stereocenters. The minimum atomic E-state index is -0.535. The number of carbonyl (C=O) groups is 2. The van der Waals surface area contributed by atoms with Gasteiger partial charge in [0.15, 0.2) is 0 Å². The third kappa shape index (κ3) is 6.09. The van der Waals surface area contributed by atoms with Crippen LogP contribution in [0.3, 0.4) is 0 Å². The predicted molar refractivity (Wildman–Crippen MR) is 149 cm³/mol. The number of rotatable bonds is 9. The zero-order valence-electron chi connectivity index (χ0n) is 22.1. The van der Waals surface area contributed by atoms with Gasteiger partial charge in [0.05, 0.1) is 23.6 Å². The highest BCUT2D eigenvalue weighted by atomic mass is 16.3. The molecule has 1 saturated carbocycles. The summed E-state index contributed by atoms with van der Waals surface area (Å²) in [6.07, 6.45) is 10.1. The summed E-state index contributed by atoms with van der Waals surface area (Å²) in [4.78, 5) is 30.1. The van der Waals surface area contributed by atoms with Gasteiger partial charge in [-0.2, -0.15) is 5.10 Å². The largest absolute Gasteiger partial charge is 0.393 e. The quantitative estimate of drug-likeness (QED) is 0.306. The molecule has 5 rings (SSSR count). The fourth-order valence-corrected chi connectivity index (χ4v) is 5.26. The molecule has 0 radical (unpaired) electrons. The van der Waals surface area contributed by atoms with Crippen molar-refractivity contribution in [2.75, 3.05) is 0 Å². The summed E-state index contributed by atoms with van der Waals surface area (Å²) in [5.41, 5.74) is 10.2. The fraction of sp³-hybridized carbons (Fsp3) is 0.333. The molecule has 0 aliphatic heterocycles. The standard InChI is InChI=1S/C30H34N6O3/c1-35-18-20(17-32-35)25-10-6-11-26(29(31)39)28(25)30-34-22(19-36(30)23-8-3-2-4-9-23)7-5-12-27(38)33-21-13-15-24(37)16-14-21/h2-4,6,8-11,17-19,21,24,37H,5,7,12-16H2,1H3,(H2,31,39)(H,33,38). The van der Waals surface area contributed by atoms with Gasteiger partial charge in [0, 0.05) is 48.7 Å². The number of aryl methyl sites for hydroxylation is 2. The Hall–Kier alpha value is -4.24. The molecule has 2 heterocycles. The molecule has 0 bridgehead atoms. The number of carbonyl (C=O) groups excluding carboxylic acids is 2. The lowest BCUT2D eigenvalue weighted by Crippen LogP contribution is -2.38. The highest BCUT2D eigenvalue weighted by molar-refractivity contribution is 6.03. The second-order valence-corrected chi connectivity index (χ2v) is 10.2. The van der Waals surface area contributed by atoms with E-state index >= 15 is 0 Å². The highest BCUT2D eigenvalue weighted by Crippen LogP contribution is 2.36. The summed E-state index contributed by atoms with van der Waals surface area (Å²) >= 11 is 0. The van der Waals surface area contributed by atoms with Crippen LogP contribution in [0.5, 0.6) is 0 Å². The highest BCUT2D eigenvalue weighted by Gasteiger charge is 2.23. The van der Waals surface area contributed by atoms with Crippen molar-refractivity contribution in [3.05, 3.63) is 78.4 Å². The Labute approximate surface area is 227 Å². The van der Waals surface area contributed by atoms with E-state index in [4.69, 9.17) is 10.7 Å². The van der Waals surface area contributed by atoms with Gasteiger partial charge in [-0.05, 0) is 62.3 Å². The zero-order valence-corrected chi connectivity index (χ0v) is 22.1. The van der Waals surface area contributed by atoms with Crippen LogP contribution in [-0.2, 0) is 18.3 Å². The predicted octanol–water partition coefficient (Wildman–Crippen LogP) is 3.78. The van der Waals surface area contributed by atoms with Crippen molar-refractivity contribution in [3.8, 4) is 28.2 Å². The van der Waals surface area contributed by atoms with E-state index in [-0.39, 0.29) is 18.1 Å². The van der Waals surface area contributed by atoms with Crippen LogP contribution < -0.4 is 11.1 Å². The maximum absolute atomic E-state index is 12.6. The molecule has 0 atom stereocenters. The Morgan fingerprint density at radius 2 is 1.82 bits per heavy atom. The van der Waals surface area contributed by atoms with Gasteiger partial charge in [0.1, 0.15) is 5.82 Å². The number of benzene rings is 2. The van der Waals surface area contributed by atoms with Gasteiger partial charge in [0.25, 0.3) is 0 Å². The van der Waals surface area contributed by atoms with Crippen LogP contribution in [0, 0.1) is 0 Å². The van der Waals surface area contributed by atoms with E-state index in [1.54, 1.807) is 16.9 Å². The SMILES string of the molecule is Cn1cc(-c2cccc(C(N)=O)c2-c2nc(CCCC(=O)NC3CCC(O)CC3)cn2-c2ccccc2)cn1. The first-order chi connectivity index (χ1) is 18.9. The van der Waals surface area contributed by atoms with Crippen LogP contribution in [0.1, 0.15) is 54.6 Å². The van der Waals surface area contributed by atoms with Crippen LogP contribution in [-0.4, -0.2) is 48.4 Å². The van der Waals surface area contributed by atoms with Crippen LogP contribution in [0.4, 0.5) is 0 Å². The summed E-state index contributed by atoms with van der Waals surface area (Å²) in [5.74, 6) is 0.0958. The van der Waals surface area contributed by atoms with Crippen molar-refractivity contribution in [1.29, 1.82) is 0 Å². The molecule has 1 aliphatic rings. The molecule has 0 spiro atoms. The molecule has 0 saturated heterocycles. The summed E-state index contributed by atoms with van der Waals surface area (Å²) in [7, 11) is 1.85. The van der Waals surface area contributed by atoms with Crippen molar-refractivity contribution in [1.82, 2.24) is 24.6 Å². The minimum Gasteiger partial charge on any atom is -0.393 e. The van der Waals surface area contributed by atoms with E-state index in [0.29, 0.717) is 36.2 Å². The number of nitrogens with zero attached hydrogens (tertiary/aromatic N) is 4. The third-order valence-corrected chi connectivity index (χ3v) is 7.26. The summed E-state index contributed by atoms with van der Waals surface area (Å²) in [5, 5.41) is 17.1. The van der Waals surface area contributed by atoms with E-state index in [2.05, 4.69) is 10.4 Å². The van der Waals surface area contributed by atoms with Gasteiger partial charge in [0.2, 0.25) is 11.8 Å². The maximum Gasteiger partial charge on any atom is 0.249 e. The van der Waals surface area contributed by atoms with Crippen LogP contribution in [0.2, 0.25) is 0 Å². The topological polar surface area (TPSA) is 128 Å². The Bertz CT molecular complexity index is 1450. The van der Waals surface area contributed by atoms with Gasteiger partial charge in [-0.3, -0.25) is 18.8 Å². The number of para-hydroxylation sites is 1. The van der Waals surface area contributed by atoms with Gasteiger partial charge in [-0.1, -0.05) is 30.3 Å². The number of aliphatic hydroxyl groups is 1. The van der Waals surface area contributed by atoms with Crippen molar-refractivity contribution in [2.45, 2.75) is 57.1 Å². The van der Waals surface area contributed by atoms with Gasteiger partial charge >= 0.3 is 0 Å². The number of hydrogen-bond donors (Lipinski definition) is 3. The van der Waals surface area contributed by atoms with Crippen molar-refractivity contribution >= 4 is 11.8 Å². The second-order valence-electron chi connectivity index (χ2n) is 10.2. The molecule has 2 amide bonds. The average molecular weight is 527 g/mol. The number of imidazole rings is 1. The fourth-order valence-electron chi connectivity index (χ4n) is 5.26. The molecule has 2 aromatic heterocycles. The zero-order chi connectivity index (χ0) is 27.4. The number of nitrogens with two attached hydrogens (primary N) is 1. The molecule has 4 aromatic rings. The normalized spacial score (nSPS) is 17.2. The number of primary amides is 1. The number of aromatic nitrogens is 4. The molecule has 9 nitrogen and oxygen atoms in total. The Morgan fingerprint density at radius 3 is 2.51 bits per heavy atom. The number of amides is 2. The third-order valence-electron chi connectivity index (χ3n) is 7.26. The lowest BCUT2D eigenvalue weighted by Gasteiger charge is -2.26. The average Bonchev–Trinajstić information content (AvgIpc) is 3.56. The first-order valence-electron chi connectivity index (χ1n) is 13.4. The monoisotopic (exact) mass is 526 g/mol. The summed E-state index contributed by atoms with van der Waals surface area (Å²) in [6, 6.07) is 15.4. The second kappa shape index (κ2) is 11.7. The molecule has 4 N–H and O–H groups in total. The van der Waals surface area contributed by atoms with Crippen molar-refractivity contribution in [3.63, 3.8) is 0 Å². The van der Waals surface area contributed by atoms with E-state index in [1.165, 1.54) is 0 Å². The molecule has 1 fully saturated rings. The smallest absolute Gasteiger partial charge is 0.249 e. The van der Waals surface area contributed by atoms with Gasteiger partial charge < -0.3 is 16.2 Å². The van der Waals surface area contributed by atoms with E-state index in [1.807, 2.05) is 66.5 Å². The molecular weight excluding hydrogens is 492 g/mol. The minimum absolute atomic E-state index is 0.0250. The van der Waals surface area contributed by atoms with Crippen LogP contribution in [0.15, 0.2) is 67.1 Å². The maximum atomic E-state index is 12.6. The molecule has 39 heavy (non-hydrogen) atoms. The van der Waals surface area contributed by atoms with Crippen LogP contribution in [0.25, 0.3) is 28.2 Å². The lowest BCUT2D eigenvalue weighted by molar-refractivity contribution is -0.122. The first-order valence-corrected chi connectivity index (χ1v) is 13.4. The van der Waals surface area contributed by atoms with Gasteiger partial charge in [-0.25, -0.2) is 4.98 Å². The van der Waals surface area contributed by atoms with Crippen molar-refractivity contribution < 1.29 is 14.7 Å². The van der Waals surface area contributed by atoms with E-state index < -0.39 is 5.91 Å². The Kier molecular flexibility index (Phi) is 7.88. The summed E-state index contributed by atoms with van der Waals surface area (Å²) in [6.45, 7) is 0. The molecule has 1 aliphatic carbocycles. The Morgan fingerprint density at radius 1 is 1.05 bits per heavy atom. The first kappa shape index (κ1) is 26.4. The molecule has 9 heteroatoms. The molecule has 2 aromatic carbocycles. The van der Waals surface area contributed by atoms with Crippen LogP contribution >= 0.6 is 0 Å². The Balaban J connectivity index is 1.44. The van der Waals surface area contributed by atoms with E-state index in [9.17, 15) is 14.7 Å². The van der Waals surface area contributed by atoms with Crippen molar-refractivity contribution in [2.24, 2.45) is 12.8 Å². The summed E-state index contributed by atoms with van der Waals surface area (Å²) < 4.78 is 3.69. The molecular formula is C30H34N6O3.